The molecule has 0 aliphatic heterocycles. The first-order chi connectivity index (χ1) is 15.8. The van der Waals surface area contributed by atoms with E-state index in [1.54, 1.807) is 12.1 Å². The van der Waals surface area contributed by atoms with Gasteiger partial charge in [-0.2, -0.15) is 0 Å². The predicted molar refractivity (Wildman–Crippen MR) is 133 cm³/mol. The summed E-state index contributed by atoms with van der Waals surface area (Å²) in [5, 5.41) is 2.64. The van der Waals surface area contributed by atoms with E-state index in [-0.39, 0.29) is 5.82 Å². The third kappa shape index (κ3) is 6.61. The average Bonchev–Trinajstić information content (AvgIpc) is 2.84. The van der Waals surface area contributed by atoms with Gasteiger partial charge in [-0.15, -0.1) is 0 Å². The number of aliphatic imine (C=N–C) groups is 1. The van der Waals surface area contributed by atoms with Gasteiger partial charge in [0.15, 0.2) is 5.76 Å². The van der Waals surface area contributed by atoms with Gasteiger partial charge in [-0.3, -0.25) is 0 Å². The number of benzene rings is 4. The predicted octanol–water partition coefficient (Wildman–Crippen LogP) is 8.36. The Morgan fingerprint density at radius 1 is 0.688 bits per heavy atom. The first-order valence-corrected chi connectivity index (χ1v) is 11.7. The van der Waals surface area contributed by atoms with Crippen molar-refractivity contribution < 1.29 is 9.13 Å². The van der Waals surface area contributed by atoms with Crippen LogP contribution in [0.4, 0.5) is 10.1 Å². The van der Waals surface area contributed by atoms with Gasteiger partial charge in [0, 0.05) is 15.2 Å². The molecule has 0 aliphatic rings. The maximum Gasteiger partial charge on any atom is 0.166 e. The molecule has 0 unspecified atom stereocenters. The lowest BCUT2D eigenvalue weighted by atomic mass is 10.3. The summed E-state index contributed by atoms with van der Waals surface area (Å²) in [4.78, 5) is 6.85. The Kier molecular flexibility index (Phi) is 7.79. The van der Waals surface area contributed by atoms with Crippen LogP contribution in [0.5, 0.6) is 5.75 Å². The van der Waals surface area contributed by atoms with Crippen molar-refractivity contribution in [2.75, 3.05) is 0 Å². The summed E-state index contributed by atoms with van der Waals surface area (Å²) in [6.45, 7) is 0. The molecule has 158 valence electrons. The van der Waals surface area contributed by atoms with Gasteiger partial charge in [0.25, 0.3) is 0 Å². The molecule has 0 aliphatic carbocycles. The van der Waals surface area contributed by atoms with Gasteiger partial charge in [-0.1, -0.05) is 78.1 Å². The lowest BCUT2D eigenvalue weighted by molar-refractivity contribution is 0.457. The van der Waals surface area contributed by atoms with Crippen molar-refractivity contribution in [3.05, 3.63) is 132 Å². The Bertz CT molecular complexity index is 1180. The molecular formula is C27H20FNOS2. The van der Waals surface area contributed by atoms with Crippen molar-refractivity contribution in [1.82, 2.24) is 0 Å². The van der Waals surface area contributed by atoms with E-state index in [0.717, 1.165) is 20.5 Å². The molecule has 0 atom stereocenters. The molecule has 0 saturated heterocycles. The zero-order chi connectivity index (χ0) is 22.0. The quantitative estimate of drug-likeness (QED) is 0.120. The monoisotopic (exact) mass is 457 g/mol. The smallest absolute Gasteiger partial charge is 0.166 e. The maximum absolute atomic E-state index is 13.3. The molecular weight excluding hydrogens is 437 g/mol. The van der Waals surface area contributed by atoms with E-state index in [4.69, 9.17) is 9.73 Å². The fourth-order valence-electron chi connectivity index (χ4n) is 2.72. The molecule has 0 heterocycles. The van der Waals surface area contributed by atoms with Gasteiger partial charge in [-0.05, 0) is 60.7 Å². The Morgan fingerprint density at radius 3 is 1.94 bits per heavy atom. The molecule has 0 saturated carbocycles. The van der Waals surface area contributed by atoms with Crippen molar-refractivity contribution >= 4 is 34.3 Å². The minimum Gasteiger partial charge on any atom is -0.454 e. The zero-order valence-corrected chi connectivity index (χ0v) is 18.7. The Morgan fingerprint density at radius 2 is 1.28 bits per heavy atom. The average molecular weight is 458 g/mol. The molecule has 2 nitrogen and oxygen atoms in total. The van der Waals surface area contributed by atoms with Crippen LogP contribution < -0.4 is 4.74 Å². The molecule has 0 fully saturated rings. The largest absolute Gasteiger partial charge is 0.454 e. The van der Waals surface area contributed by atoms with Crippen molar-refractivity contribution in [2.24, 2.45) is 4.99 Å². The van der Waals surface area contributed by atoms with Crippen LogP contribution >= 0.6 is 23.5 Å². The molecule has 0 bridgehead atoms. The van der Waals surface area contributed by atoms with E-state index < -0.39 is 0 Å². The fraction of sp³-hybridized carbons (Fsp3) is 0. The standard InChI is InChI=1S/C27H20FNOS2/c28-21-16-18-24(19-17-21)31-20-26(30-23-12-6-2-7-13-23)27(29-22-10-4-1-5-11-22)32-25-14-8-3-9-15-25/h1-20H/b26-20?,29-27+. The van der Waals surface area contributed by atoms with E-state index in [2.05, 4.69) is 0 Å². The second kappa shape index (κ2) is 11.4. The molecule has 0 amide bonds. The van der Waals surface area contributed by atoms with Crippen LogP contribution in [0.2, 0.25) is 0 Å². The Balaban J connectivity index is 1.72. The van der Waals surface area contributed by atoms with Crippen molar-refractivity contribution in [3.63, 3.8) is 0 Å². The summed E-state index contributed by atoms with van der Waals surface area (Å²) in [7, 11) is 0. The molecule has 32 heavy (non-hydrogen) atoms. The van der Waals surface area contributed by atoms with Gasteiger partial charge < -0.3 is 4.74 Å². The van der Waals surface area contributed by atoms with E-state index in [0.29, 0.717) is 11.5 Å². The highest BCUT2D eigenvalue weighted by atomic mass is 32.2. The first-order valence-electron chi connectivity index (χ1n) is 9.98. The van der Waals surface area contributed by atoms with Gasteiger partial charge >= 0.3 is 0 Å². The second-order valence-corrected chi connectivity index (χ2v) is 8.64. The van der Waals surface area contributed by atoms with Crippen LogP contribution in [-0.4, -0.2) is 5.04 Å². The van der Waals surface area contributed by atoms with E-state index >= 15 is 0 Å². The van der Waals surface area contributed by atoms with Gasteiger partial charge in [0.1, 0.15) is 16.6 Å². The molecule has 0 spiro atoms. The molecule has 4 rings (SSSR count). The molecule has 0 radical (unpaired) electrons. The molecule has 5 heteroatoms. The third-order valence-electron chi connectivity index (χ3n) is 4.24. The summed E-state index contributed by atoms with van der Waals surface area (Å²) in [5.74, 6) is 1.07. The molecule has 0 aromatic heterocycles. The van der Waals surface area contributed by atoms with Crippen molar-refractivity contribution in [1.29, 1.82) is 0 Å². The van der Waals surface area contributed by atoms with Crippen LogP contribution in [0.15, 0.2) is 141 Å². The van der Waals surface area contributed by atoms with Gasteiger partial charge in [0.05, 0.1) is 5.69 Å². The fourth-order valence-corrected chi connectivity index (χ4v) is 4.36. The van der Waals surface area contributed by atoms with Crippen molar-refractivity contribution in [3.8, 4) is 5.75 Å². The molecule has 4 aromatic carbocycles. The van der Waals surface area contributed by atoms with Gasteiger partial charge in [0.2, 0.25) is 0 Å². The lowest BCUT2D eigenvalue weighted by Crippen LogP contribution is -2.06. The SMILES string of the molecule is Fc1ccc(SC=C(Oc2ccccc2)/C(=N\c2ccccc2)Sc2ccccc2)cc1. The van der Waals surface area contributed by atoms with Crippen molar-refractivity contribution in [2.45, 2.75) is 9.79 Å². The minimum absolute atomic E-state index is 0.259. The topological polar surface area (TPSA) is 21.6 Å². The Hall–Kier alpha value is -3.28. The number of para-hydroxylation sites is 2. The van der Waals surface area contributed by atoms with E-state index in [1.807, 2.05) is 96.4 Å². The first kappa shape index (κ1) is 21.9. The van der Waals surface area contributed by atoms with E-state index in [9.17, 15) is 4.39 Å². The number of hydrogen-bond donors (Lipinski definition) is 0. The van der Waals surface area contributed by atoms with Crippen LogP contribution in [0, 0.1) is 5.82 Å². The van der Waals surface area contributed by atoms with Crippen LogP contribution in [0.25, 0.3) is 0 Å². The number of nitrogens with zero attached hydrogens (tertiary/aromatic N) is 1. The number of thioether (sulfide) groups is 2. The Labute approximate surface area is 195 Å². The number of ether oxygens (including phenoxy) is 1. The minimum atomic E-state index is -0.259. The summed E-state index contributed by atoms with van der Waals surface area (Å²) in [6, 6.07) is 35.9. The summed E-state index contributed by atoms with van der Waals surface area (Å²) < 4.78 is 19.6. The maximum atomic E-state index is 13.3. The summed E-state index contributed by atoms with van der Waals surface area (Å²) in [5.41, 5.74) is 0.834. The zero-order valence-electron chi connectivity index (χ0n) is 17.1. The normalized spacial score (nSPS) is 11.9. The molecule has 4 aromatic rings. The second-order valence-electron chi connectivity index (χ2n) is 6.64. The van der Waals surface area contributed by atoms with Crippen LogP contribution in [-0.2, 0) is 0 Å². The number of halogens is 1. The molecule has 0 N–H and O–H groups in total. The van der Waals surface area contributed by atoms with Crippen LogP contribution in [0.1, 0.15) is 0 Å². The van der Waals surface area contributed by atoms with Crippen LogP contribution in [0.3, 0.4) is 0 Å². The highest BCUT2D eigenvalue weighted by molar-refractivity contribution is 8.14. The highest BCUT2D eigenvalue weighted by Gasteiger charge is 2.14. The summed E-state index contributed by atoms with van der Waals surface area (Å²) >= 11 is 2.99. The number of rotatable bonds is 7. The summed E-state index contributed by atoms with van der Waals surface area (Å²) in [6.07, 6.45) is 0. The van der Waals surface area contributed by atoms with Gasteiger partial charge in [-0.25, -0.2) is 9.38 Å². The lowest BCUT2D eigenvalue weighted by Gasteiger charge is -2.13. The third-order valence-corrected chi connectivity index (χ3v) is 6.11. The highest BCUT2D eigenvalue weighted by Crippen LogP contribution is 2.31. The number of hydrogen-bond acceptors (Lipinski definition) is 4. The van der Waals surface area contributed by atoms with E-state index in [1.165, 1.54) is 35.7 Å².